The molecular weight excluding hydrogens is 154 g/mol. The molecule has 0 aromatic rings. The van der Waals surface area contributed by atoms with Gasteiger partial charge in [-0.1, -0.05) is 0 Å². The molecule has 0 aromatic heterocycles. The predicted octanol–water partition coefficient (Wildman–Crippen LogP) is 0.672. The van der Waals surface area contributed by atoms with Crippen LogP contribution in [0.3, 0.4) is 0 Å². The molecule has 2 fully saturated rings. The quantitative estimate of drug-likeness (QED) is 0.582. The Morgan fingerprint density at radius 2 is 2.25 bits per heavy atom. The van der Waals surface area contributed by atoms with E-state index in [1.54, 1.807) is 0 Å². The lowest BCUT2D eigenvalue weighted by Crippen LogP contribution is -2.54. The summed E-state index contributed by atoms with van der Waals surface area (Å²) in [6.07, 6.45) is 3.61. The summed E-state index contributed by atoms with van der Waals surface area (Å²) in [6.45, 7) is 3.59. The van der Waals surface area contributed by atoms with Gasteiger partial charge in [-0.15, -0.1) is 0 Å². The molecule has 70 valence electrons. The van der Waals surface area contributed by atoms with Crippen LogP contribution in [0.5, 0.6) is 0 Å². The van der Waals surface area contributed by atoms with Crippen LogP contribution < -0.4 is 5.73 Å². The average molecular weight is 171 g/mol. The van der Waals surface area contributed by atoms with Crippen molar-refractivity contribution in [2.24, 2.45) is 5.73 Å². The smallest absolute Gasteiger partial charge is 0.0881 e. The van der Waals surface area contributed by atoms with Crippen molar-refractivity contribution in [3.63, 3.8) is 0 Å². The molecule has 3 unspecified atom stereocenters. The van der Waals surface area contributed by atoms with Crippen molar-refractivity contribution in [3.8, 4) is 0 Å². The van der Waals surface area contributed by atoms with Crippen LogP contribution in [-0.4, -0.2) is 31.0 Å². The summed E-state index contributed by atoms with van der Waals surface area (Å²) >= 11 is 0. The van der Waals surface area contributed by atoms with Crippen LogP contribution in [0.15, 0.2) is 0 Å². The molecule has 0 radical (unpaired) electrons. The fraction of sp³-hybridized carbons (Fsp3) is 1.00. The van der Waals surface area contributed by atoms with Gasteiger partial charge < -0.3 is 15.2 Å². The SMILES string of the molecule is CC1CCC2(CCOCC2N)O1. The molecule has 0 saturated carbocycles. The van der Waals surface area contributed by atoms with Crippen molar-refractivity contribution < 1.29 is 9.47 Å². The van der Waals surface area contributed by atoms with E-state index in [9.17, 15) is 0 Å². The Morgan fingerprint density at radius 1 is 1.42 bits per heavy atom. The Balaban J connectivity index is 2.07. The molecule has 0 aromatic carbocycles. The van der Waals surface area contributed by atoms with Crippen LogP contribution in [0.1, 0.15) is 26.2 Å². The van der Waals surface area contributed by atoms with Gasteiger partial charge in [-0.25, -0.2) is 0 Å². The largest absolute Gasteiger partial charge is 0.380 e. The maximum absolute atomic E-state index is 5.99. The fourth-order valence-electron chi connectivity index (χ4n) is 2.22. The van der Waals surface area contributed by atoms with Crippen LogP contribution in [0, 0.1) is 0 Å². The average Bonchev–Trinajstić information content (AvgIpc) is 2.41. The van der Waals surface area contributed by atoms with Gasteiger partial charge in [0.1, 0.15) is 0 Å². The summed E-state index contributed by atoms with van der Waals surface area (Å²) in [5, 5.41) is 0. The Bertz CT molecular complexity index is 170. The first kappa shape index (κ1) is 8.48. The third kappa shape index (κ3) is 1.26. The summed E-state index contributed by atoms with van der Waals surface area (Å²) in [7, 11) is 0. The third-order valence-corrected chi connectivity index (χ3v) is 3.05. The Kier molecular flexibility index (Phi) is 2.10. The first-order valence-corrected chi connectivity index (χ1v) is 4.74. The molecule has 0 bridgehead atoms. The monoisotopic (exact) mass is 171 g/mol. The minimum atomic E-state index is -0.0440. The van der Waals surface area contributed by atoms with Crippen molar-refractivity contribution >= 4 is 0 Å². The van der Waals surface area contributed by atoms with E-state index in [1.807, 2.05) is 0 Å². The van der Waals surface area contributed by atoms with Crippen LogP contribution in [0.4, 0.5) is 0 Å². The van der Waals surface area contributed by atoms with Gasteiger partial charge in [-0.3, -0.25) is 0 Å². The van der Waals surface area contributed by atoms with Crippen LogP contribution >= 0.6 is 0 Å². The maximum Gasteiger partial charge on any atom is 0.0881 e. The normalized spacial score (nSPS) is 48.5. The van der Waals surface area contributed by atoms with E-state index in [1.165, 1.54) is 0 Å². The van der Waals surface area contributed by atoms with E-state index in [4.69, 9.17) is 15.2 Å². The lowest BCUT2D eigenvalue weighted by atomic mass is 9.87. The molecular formula is C9H17NO2. The summed E-state index contributed by atoms with van der Waals surface area (Å²) in [5.74, 6) is 0. The second-order valence-corrected chi connectivity index (χ2v) is 3.96. The second kappa shape index (κ2) is 2.98. The molecule has 0 aliphatic carbocycles. The maximum atomic E-state index is 5.99. The molecule has 3 atom stereocenters. The van der Waals surface area contributed by atoms with E-state index in [0.29, 0.717) is 12.7 Å². The zero-order chi connectivity index (χ0) is 8.60. The minimum absolute atomic E-state index is 0.0440. The molecule has 12 heavy (non-hydrogen) atoms. The molecule has 2 aliphatic heterocycles. The van der Waals surface area contributed by atoms with Crippen molar-refractivity contribution in [2.75, 3.05) is 13.2 Å². The summed E-state index contributed by atoms with van der Waals surface area (Å²) in [6, 6.07) is 0.0798. The highest BCUT2D eigenvalue weighted by Crippen LogP contribution is 2.37. The highest BCUT2D eigenvalue weighted by atomic mass is 16.5. The predicted molar refractivity (Wildman–Crippen MR) is 45.9 cm³/mol. The Morgan fingerprint density at radius 3 is 2.83 bits per heavy atom. The number of nitrogens with two attached hydrogens (primary N) is 1. The summed E-state index contributed by atoms with van der Waals surface area (Å²) in [5.41, 5.74) is 5.94. The molecule has 2 N–H and O–H groups in total. The van der Waals surface area contributed by atoms with Gasteiger partial charge in [0.2, 0.25) is 0 Å². The highest BCUT2D eigenvalue weighted by molar-refractivity contribution is 4.98. The van der Waals surface area contributed by atoms with E-state index in [-0.39, 0.29) is 11.6 Å². The van der Waals surface area contributed by atoms with Gasteiger partial charge in [-0.2, -0.15) is 0 Å². The number of ether oxygens (including phenoxy) is 2. The number of hydrogen-bond donors (Lipinski definition) is 1. The van der Waals surface area contributed by atoms with Crippen LogP contribution in [-0.2, 0) is 9.47 Å². The van der Waals surface area contributed by atoms with Gasteiger partial charge in [-0.05, 0) is 19.8 Å². The summed E-state index contributed by atoms with van der Waals surface area (Å²) in [4.78, 5) is 0. The Hall–Kier alpha value is -0.120. The zero-order valence-corrected chi connectivity index (χ0v) is 7.58. The van der Waals surface area contributed by atoms with Crippen molar-refractivity contribution in [1.29, 1.82) is 0 Å². The molecule has 3 nitrogen and oxygen atoms in total. The van der Waals surface area contributed by atoms with Crippen LogP contribution in [0.2, 0.25) is 0 Å². The van der Waals surface area contributed by atoms with E-state index in [2.05, 4.69) is 6.92 Å². The van der Waals surface area contributed by atoms with Gasteiger partial charge in [0.25, 0.3) is 0 Å². The van der Waals surface area contributed by atoms with E-state index < -0.39 is 0 Å². The molecule has 2 saturated heterocycles. The lowest BCUT2D eigenvalue weighted by molar-refractivity contribution is -0.112. The molecule has 2 rings (SSSR count). The van der Waals surface area contributed by atoms with Gasteiger partial charge >= 0.3 is 0 Å². The van der Waals surface area contributed by atoms with Gasteiger partial charge in [0.05, 0.1) is 24.4 Å². The topological polar surface area (TPSA) is 44.5 Å². The third-order valence-electron chi connectivity index (χ3n) is 3.05. The van der Waals surface area contributed by atoms with Crippen molar-refractivity contribution in [2.45, 2.75) is 43.9 Å². The number of hydrogen-bond acceptors (Lipinski definition) is 3. The minimum Gasteiger partial charge on any atom is -0.380 e. The number of rotatable bonds is 0. The first-order valence-electron chi connectivity index (χ1n) is 4.74. The first-order chi connectivity index (χ1) is 5.73. The van der Waals surface area contributed by atoms with Crippen LogP contribution in [0.25, 0.3) is 0 Å². The summed E-state index contributed by atoms with van der Waals surface area (Å²) < 4.78 is 11.2. The van der Waals surface area contributed by atoms with Crippen molar-refractivity contribution in [3.05, 3.63) is 0 Å². The Labute approximate surface area is 73.2 Å². The molecule has 2 heterocycles. The van der Waals surface area contributed by atoms with Gasteiger partial charge in [0, 0.05) is 13.0 Å². The molecule has 2 aliphatic rings. The lowest BCUT2D eigenvalue weighted by Gasteiger charge is -2.38. The fourth-order valence-corrected chi connectivity index (χ4v) is 2.22. The highest BCUT2D eigenvalue weighted by Gasteiger charge is 2.45. The van der Waals surface area contributed by atoms with E-state index >= 15 is 0 Å². The zero-order valence-electron chi connectivity index (χ0n) is 7.58. The van der Waals surface area contributed by atoms with E-state index in [0.717, 1.165) is 25.9 Å². The second-order valence-electron chi connectivity index (χ2n) is 3.96. The standard InChI is InChI=1S/C9H17NO2/c1-7-2-3-9(12-7)4-5-11-6-8(9)10/h7-8H,2-6,10H2,1H3. The van der Waals surface area contributed by atoms with Gasteiger partial charge in [0.15, 0.2) is 0 Å². The van der Waals surface area contributed by atoms with Crippen molar-refractivity contribution in [1.82, 2.24) is 0 Å². The molecule has 1 spiro atoms. The molecule has 0 amide bonds. The molecule has 3 heteroatoms.